The third-order valence-corrected chi connectivity index (χ3v) is 3.29. The maximum absolute atomic E-state index is 13.4. The van der Waals surface area contributed by atoms with E-state index in [4.69, 9.17) is 9.47 Å². The topological polar surface area (TPSA) is 73.9 Å². The van der Waals surface area contributed by atoms with Crippen LogP contribution in [0, 0.1) is 5.82 Å². The van der Waals surface area contributed by atoms with Crippen molar-refractivity contribution >= 4 is 33.6 Å². The van der Waals surface area contributed by atoms with Crippen molar-refractivity contribution in [2.45, 2.75) is 26.2 Å². The van der Waals surface area contributed by atoms with Crippen LogP contribution in [0.5, 0.6) is 5.75 Å². The summed E-state index contributed by atoms with van der Waals surface area (Å²) in [5, 5.41) is 2.37. The molecule has 10 heteroatoms. The summed E-state index contributed by atoms with van der Waals surface area (Å²) in [7, 11) is 0. The zero-order valence-electron chi connectivity index (χ0n) is 12.4. The number of cyclic esters (lactones) is 2. The molecule has 24 heavy (non-hydrogen) atoms. The fourth-order valence-corrected chi connectivity index (χ4v) is 2.33. The number of carbonyl (C=O) groups is 2. The van der Waals surface area contributed by atoms with Gasteiger partial charge in [0.2, 0.25) is 0 Å². The monoisotopic (exact) mass is 409 g/mol. The van der Waals surface area contributed by atoms with E-state index in [0.29, 0.717) is 0 Å². The number of ether oxygens (including phenoxy) is 3. The largest absolute Gasteiger partial charge is 0.431 e. The van der Waals surface area contributed by atoms with Gasteiger partial charge in [-0.2, -0.15) is 8.78 Å². The molecule has 0 saturated carbocycles. The van der Waals surface area contributed by atoms with Crippen LogP contribution in [0.4, 0.5) is 18.9 Å². The second-order valence-electron chi connectivity index (χ2n) is 5.02. The van der Waals surface area contributed by atoms with Crippen molar-refractivity contribution in [3.05, 3.63) is 34.2 Å². The molecule has 1 aliphatic rings. The van der Waals surface area contributed by atoms with Crippen LogP contribution in [0.25, 0.3) is 0 Å². The summed E-state index contributed by atoms with van der Waals surface area (Å²) in [4.78, 5) is 23.5. The van der Waals surface area contributed by atoms with E-state index in [1.54, 1.807) is 0 Å². The molecule has 1 aromatic carbocycles. The van der Waals surface area contributed by atoms with Crippen LogP contribution < -0.4 is 10.1 Å². The van der Waals surface area contributed by atoms with E-state index >= 15 is 0 Å². The van der Waals surface area contributed by atoms with E-state index in [1.165, 1.54) is 13.8 Å². The van der Waals surface area contributed by atoms with Gasteiger partial charge in [0.05, 0.1) is 10.2 Å². The highest BCUT2D eigenvalue weighted by Crippen LogP contribution is 2.36. The highest BCUT2D eigenvalue weighted by atomic mass is 79.9. The number of alkyl halides is 2. The summed E-state index contributed by atoms with van der Waals surface area (Å²) < 4.78 is 52.3. The number of hydrogen-bond acceptors (Lipinski definition) is 6. The number of rotatable bonds is 4. The van der Waals surface area contributed by atoms with Crippen LogP contribution in [0.15, 0.2) is 28.4 Å². The summed E-state index contributed by atoms with van der Waals surface area (Å²) in [5.41, 5.74) is -0.752. The third-order valence-electron chi connectivity index (χ3n) is 2.70. The maximum Gasteiger partial charge on any atom is 0.387 e. The van der Waals surface area contributed by atoms with Crippen molar-refractivity contribution in [1.29, 1.82) is 0 Å². The summed E-state index contributed by atoms with van der Waals surface area (Å²) in [6.45, 7) is -0.429. The normalized spacial score (nSPS) is 16.5. The van der Waals surface area contributed by atoms with Gasteiger partial charge in [-0.1, -0.05) is 0 Å². The number of esters is 2. The fourth-order valence-electron chi connectivity index (χ4n) is 1.80. The first-order valence-corrected chi connectivity index (χ1v) is 7.25. The van der Waals surface area contributed by atoms with Crippen molar-refractivity contribution in [2.75, 3.05) is 5.32 Å². The minimum absolute atomic E-state index is 0.0846. The van der Waals surface area contributed by atoms with E-state index in [-0.39, 0.29) is 10.2 Å². The van der Waals surface area contributed by atoms with Gasteiger partial charge in [0.25, 0.3) is 5.79 Å². The van der Waals surface area contributed by atoms with Crippen LogP contribution in [0.2, 0.25) is 0 Å². The molecular formula is C14H11BrF3NO5. The Kier molecular flexibility index (Phi) is 5.07. The SMILES string of the molecule is CC1(C)OC(=O)C(=CNc2cc(F)cc(Br)c2OC(F)F)C(=O)O1. The molecule has 6 nitrogen and oxygen atoms in total. The second-order valence-corrected chi connectivity index (χ2v) is 5.88. The predicted octanol–water partition coefficient (Wildman–Crippen LogP) is 3.32. The van der Waals surface area contributed by atoms with Crippen molar-refractivity contribution in [3.8, 4) is 5.75 Å². The molecule has 1 aliphatic heterocycles. The van der Waals surface area contributed by atoms with Gasteiger partial charge in [-0.3, -0.25) is 0 Å². The Balaban J connectivity index is 2.31. The number of nitrogens with one attached hydrogen (secondary N) is 1. The molecule has 1 aromatic rings. The Labute approximate surface area is 142 Å². The molecule has 1 heterocycles. The number of hydrogen-bond donors (Lipinski definition) is 1. The quantitative estimate of drug-likeness (QED) is 0.467. The van der Waals surface area contributed by atoms with Gasteiger partial charge in [-0.25, -0.2) is 14.0 Å². The number of halogens is 4. The van der Waals surface area contributed by atoms with Crippen LogP contribution in [0.3, 0.4) is 0 Å². The Morgan fingerprint density at radius 1 is 1.25 bits per heavy atom. The fraction of sp³-hybridized carbons (Fsp3) is 0.286. The molecular weight excluding hydrogens is 399 g/mol. The van der Waals surface area contributed by atoms with E-state index in [1.807, 2.05) is 0 Å². The number of carbonyl (C=O) groups excluding carboxylic acids is 2. The van der Waals surface area contributed by atoms with Gasteiger partial charge in [0.1, 0.15) is 5.82 Å². The van der Waals surface area contributed by atoms with Crippen molar-refractivity contribution in [2.24, 2.45) is 0 Å². The molecule has 1 fully saturated rings. The molecule has 0 aromatic heterocycles. The molecule has 0 radical (unpaired) electrons. The van der Waals surface area contributed by atoms with E-state index in [9.17, 15) is 22.8 Å². The Morgan fingerprint density at radius 2 is 1.83 bits per heavy atom. The molecule has 0 bridgehead atoms. The van der Waals surface area contributed by atoms with Gasteiger partial charge >= 0.3 is 18.6 Å². The Morgan fingerprint density at radius 3 is 2.38 bits per heavy atom. The standard InChI is InChI=1S/C14H11BrF3NO5/c1-14(2)23-11(20)7(12(21)24-14)5-19-9-4-6(16)3-8(15)10(9)22-13(17)18/h3-5,13,19H,1-2H3. The number of anilines is 1. The Hall–Kier alpha value is -2.23. The van der Waals surface area contributed by atoms with Gasteiger partial charge in [0, 0.05) is 26.1 Å². The van der Waals surface area contributed by atoms with Crippen LogP contribution in [0.1, 0.15) is 13.8 Å². The summed E-state index contributed by atoms with van der Waals surface area (Å²) in [6.07, 6.45) is 0.861. The molecule has 0 atom stereocenters. The Bertz CT molecular complexity index is 699. The van der Waals surface area contributed by atoms with Gasteiger partial charge < -0.3 is 19.5 Å². The minimum atomic E-state index is -3.16. The van der Waals surface area contributed by atoms with E-state index < -0.39 is 41.5 Å². The van der Waals surface area contributed by atoms with Crippen LogP contribution in [-0.2, 0) is 19.1 Å². The van der Waals surface area contributed by atoms with E-state index in [2.05, 4.69) is 26.0 Å². The summed E-state index contributed by atoms with van der Waals surface area (Å²) in [5.74, 6) is -4.54. The first-order chi connectivity index (χ1) is 11.1. The van der Waals surface area contributed by atoms with Crippen molar-refractivity contribution in [1.82, 2.24) is 0 Å². The third kappa shape index (κ3) is 4.19. The average Bonchev–Trinajstić information content (AvgIpc) is 2.39. The second kappa shape index (κ2) is 6.71. The van der Waals surface area contributed by atoms with Crippen LogP contribution in [-0.4, -0.2) is 24.3 Å². The first kappa shape index (κ1) is 18.1. The van der Waals surface area contributed by atoms with Crippen LogP contribution >= 0.6 is 15.9 Å². The number of benzene rings is 1. The highest BCUT2D eigenvalue weighted by molar-refractivity contribution is 9.10. The van der Waals surface area contributed by atoms with Crippen molar-refractivity contribution < 1.29 is 37.0 Å². The molecule has 0 aliphatic carbocycles. The molecule has 0 spiro atoms. The first-order valence-electron chi connectivity index (χ1n) is 6.46. The highest BCUT2D eigenvalue weighted by Gasteiger charge is 2.39. The lowest BCUT2D eigenvalue weighted by Gasteiger charge is -2.29. The molecule has 0 amide bonds. The molecule has 0 unspecified atom stereocenters. The van der Waals surface area contributed by atoms with Crippen molar-refractivity contribution in [3.63, 3.8) is 0 Å². The lowest BCUT2D eigenvalue weighted by molar-refractivity contribution is -0.222. The predicted molar refractivity (Wildman–Crippen MR) is 78.7 cm³/mol. The zero-order chi connectivity index (χ0) is 18.1. The smallest absolute Gasteiger partial charge is 0.387 e. The lowest BCUT2D eigenvalue weighted by Crippen LogP contribution is -2.42. The summed E-state index contributed by atoms with van der Waals surface area (Å²) >= 11 is 2.89. The molecule has 1 saturated heterocycles. The molecule has 2 rings (SSSR count). The van der Waals surface area contributed by atoms with Gasteiger partial charge in [-0.05, 0) is 22.0 Å². The summed E-state index contributed by atoms with van der Waals surface area (Å²) in [6, 6.07) is 1.77. The average molecular weight is 410 g/mol. The van der Waals surface area contributed by atoms with Gasteiger partial charge in [0.15, 0.2) is 11.3 Å². The maximum atomic E-state index is 13.4. The van der Waals surface area contributed by atoms with Gasteiger partial charge in [-0.15, -0.1) is 0 Å². The minimum Gasteiger partial charge on any atom is -0.431 e. The lowest BCUT2D eigenvalue weighted by atomic mass is 10.2. The van der Waals surface area contributed by atoms with E-state index in [0.717, 1.165) is 18.3 Å². The molecule has 1 N–H and O–H groups in total. The molecule has 130 valence electrons. The zero-order valence-corrected chi connectivity index (χ0v) is 13.9.